The summed E-state index contributed by atoms with van der Waals surface area (Å²) in [5.74, 6) is 0. The van der Waals surface area contributed by atoms with Crippen LogP contribution < -0.4 is 0 Å². The van der Waals surface area contributed by atoms with Gasteiger partial charge in [0.25, 0.3) is 0 Å². The van der Waals surface area contributed by atoms with E-state index in [1.165, 1.54) is 4.90 Å². The minimum Gasteiger partial charge on any atom is -0.465 e. The monoisotopic (exact) mass is 183 g/mol. The zero-order valence-electron chi connectivity index (χ0n) is 8.61. The van der Waals surface area contributed by atoms with Crippen molar-refractivity contribution in [1.82, 2.24) is 4.90 Å². The van der Waals surface area contributed by atoms with E-state index in [0.717, 1.165) is 0 Å². The molecule has 0 aliphatic carbocycles. The standard InChI is InChI=1S/C10H17NO2/c1-5-6-7-8-11(9(12)13)10(2,3)4/h5-8H,1-4H3,(H,12,13)/b6-5?,8-7+. The van der Waals surface area contributed by atoms with Crippen molar-refractivity contribution >= 4 is 6.09 Å². The molecule has 0 rings (SSSR count). The third-order valence-corrected chi connectivity index (χ3v) is 1.47. The second-order valence-electron chi connectivity index (χ2n) is 3.69. The van der Waals surface area contributed by atoms with Crippen LogP contribution in [0.4, 0.5) is 4.79 Å². The van der Waals surface area contributed by atoms with Crippen molar-refractivity contribution in [2.45, 2.75) is 33.2 Å². The fourth-order valence-corrected chi connectivity index (χ4v) is 0.821. The molecule has 0 aromatic rings. The Morgan fingerprint density at radius 2 is 1.85 bits per heavy atom. The lowest BCUT2D eigenvalue weighted by Gasteiger charge is -2.29. The first-order valence-electron chi connectivity index (χ1n) is 4.21. The van der Waals surface area contributed by atoms with Crippen molar-refractivity contribution in [2.75, 3.05) is 0 Å². The normalized spacial score (nSPS) is 12.6. The van der Waals surface area contributed by atoms with E-state index in [4.69, 9.17) is 5.11 Å². The van der Waals surface area contributed by atoms with Crippen LogP contribution in [0.3, 0.4) is 0 Å². The number of nitrogens with zero attached hydrogens (tertiary/aromatic N) is 1. The van der Waals surface area contributed by atoms with Gasteiger partial charge in [-0.05, 0) is 33.8 Å². The number of hydrogen-bond acceptors (Lipinski definition) is 1. The molecule has 3 heteroatoms. The largest absolute Gasteiger partial charge is 0.465 e. The second kappa shape index (κ2) is 4.70. The Hall–Kier alpha value is -1.25. The minimum atomic E-state index is -0.937. The number of amides is 1. The molecule has 0 saturated heterocycles. The van der Waals surface area contributed by atoms with Gasteiger partial charge in [0.15, 0.2) is 0 Å². The maximum Gasteiger partial charge on any atom is 0.411 e. The van der Waals surface area contributed by atoms with Crippen molar-refractivity contribution < 1.29 is 9.90 Å². The lowest BCUT2D eigenvalue weighted by atomic mass is 10.1. The first-order valence-corrected chi connectivity index (χ1v) is 4.21. The zero-order valence-corrected chi connectivity index (χ0v) is 8.61. The van der Waals surface area contributed by atoms with E-state index in [-0.39, 0.29) is 0 Å². The molecule has 1 amide bonds. The van der Waals surface area contributed by atoms with Gasteiger partial charge in [0.2, 0.25) is 0 Å². The molecule has 0 spiro atoms. The molecule has 0 atom stereocenters. The highest BCUT2D eigenvalue weighted by atomic mass is 16.4. The molecule has 0 heterocycles. The Morgan fingerprint density at radius 3 is 2.15 bits per heavy atom. The number of carbonyl (C=O) groups is 1. The summed E-state index contributed by atoms with van der Waals surface area (Å²) in [6.45, 7) is 7.43. The smallest absolute Gasteiger partial charge is 0.411 e. The van der Waals surface area contributed by atoms with Gasteiger partial charge in [0.05, 0.1) is 0 Å². The van der Waals surface area contributed by atoms with Crippen molar-refractivity contribution in [3.63, 3.8) is 0 Å². The van der Waals surface area contributed by atoms with E-state index in [0.29, 0.717) is 0 Å². The molecule has 0 fully saturated rings. The fraction of sp³-hybridized carbons (Fsp3) is 0.500. The Morgan fingerprint density at radius 1 is 1.31 bits per heavy atom. The molecule has 3 nitrogen and oxygen atoms in total. The highest BCUT2D eigenvalue weighted by Crippen LogP contribution is 2.13. The minimum absolute atomic E-state index is 0.399. The summed E-state index contributed by atoms with van der Waals surface area (Å²) in [6, 6.07) is 0. The Kier molecular flexibility index (Phi) is 4.25. The van der Waals surface area contributed by atoms with Crippen LogP contribution in [0.25, 0.3) is 0 Å². The molecule has 0 aromatic carbocycles. The van der Waals surface area contributed by atoms with Crippen LogP contribution in [-0.2, 0) is 0 Å². The van der Waals surface area contributed by atoms with Gasteiger partial charge in [-0.15, -0.1) is 0 Å². The van der Waals surface area contributed by atoms with Gasteiger partial charge in [-0.25, -0.2) is 4.79 Å². The van der Waals surface area contributed by atoms with Crippen LogP contribution >= 0.6 is 0 Å². The predicted molar refractivity (Wildman–Crippen MR) is 53.6 cm³/mol. The van der Waals surface area contributed by atoms with Gasteiger partial charge < -0.3 is 5.11 Å². The average Bonchev–Trinajstić information content (AvgIpc) is 1.94. The first kappa shape index (κ1) is 11.8. The molecule has 0 aliphatic heterocycles. The molecule has 1 N–H and O–H groups in total. The molecular weight excluding hydrogens is 166 g/mol. The van der Waals surface area contributed by atoms with E-state index in [9.17, 15) is 4.79 Å². The van der Waals surface area contributed by atoms with Crippen molar-refractivity contribution in [3.05, 3.63) is 24.4 Å². The molecule has 0 aliphatic rings. The molecule has 0 unspecified atom stereocenters. The van der Waals surface area contributed by atoms with Gasteiger partial charge in [0, 0.05) is 11.7 Å². The van der Waals surface area contributed by atoms with E-state index in [2.05, 4.69) is 0 Å². The molecule has 0 bridgehead atoms. The Balaban J connectivity index is 4.55. The lowest BCUT2D eigenvalue weighted by Crippen LogP contribution is -2.40. The van der Waals surface area contributed by atoms with Gasteiger partial charge in [-0.2, -0.15) is 0 Å². The van der Waals surface area contributed by atoms with Crippen molar-refractivity contribution in [2.24, 2.45) is 0 Å². The molecule has 74 valence electrons. The molecular formula is C10H17NO2. The van der Waals surface area contributed by atoms with Crippen molar-refractivity contribution in [3.8, 4) is 0 Å². The molecule has 0 aromatic heterocycles. The lowest BCUT2D eigenvalue weighted by molar-refractivity contribution is 0.130. The summed E-state index contributed by atoms with van der Waals surface area (Å²) in [7, 11) is 0. The predicted octanol–water partition coefficient (Wildman–Crippen LogP) is 2.85. The van der Waals surface area contributed by atoms with Crippen LogP contribution in [0.5, 0.6) is 0 Å². The van der Waals surface area contributed by atoms with Crippen LogP contribution in [0.1, 0.15) is 27.7 Å². The van der Waals surface area contributed by atoms with Crippen LogP contribution in [0.2, 0.25) is 0 Å². The van der Waals surface area contributed by atoms with Gasteiger partial charge in [0.1, 0.15) is 0 Å². The molecule has 0 radical (unpaired) electrons. The number of rotatable bonds is 2. The highest BCUT2D eigenvalue weighted by Gasteiger charge is 2.23. The first-order chi connectivity index (χ1) is 5.89. The van der Waals surface area contributed by atoms with Gasteiger partial charge in [-0.1, -0.05) is 12.2 Å². The Labute approximate surface area is 79.4 Å². The third kappa shape index (κ3) is 4.35. The third-order valence-electron chi connectivity index (χ3n) is 1.47. The summed E-state index contributed by atoms with van der Waals surface area (Å²) in [6.07, 6.45) is 5.97. The second-order valence-corrected chi connectivity index (χ2v) is 3.69. The van der Waals surface area contributed by atoms with Crippen LogP contribution in [-0.4, -0.2) is 21.6 Å². The maximum absolute atomic E-state index is 10.8. The quantitative estimate of drug-likeness (QED) is 0.669. The van der Waals surface area contributed by atoms with E-state index >= 15 is 0 Å². The topological polar surface area (TPSA) is 40.5 Å². The number of allylic oxidation sites excluding steroid dienone is 3. The van der Waals surface area contributed by atoms with Crippen LogP contribution in [0, 0.1) is 0 Å². The fourth-order valence-electron chi connectivity index (χ4n) is 0.821. The SMILES string of the molecule is CC=C/C=C/N(C(=O)O)C(C)(C)C. The summed E-state index contributed by atoms with van der Waals surface area (Å²) in [5.41, 5.74) is -0.399. The van der Waals surface area contributed by atoms with Crippen molar-refractivity contribution in [1.29, 1.82) is 0 Å². The number of hydrogen-bond donors (Lipinski definition) is 1. The Bertz CT molecular complexity index is 224. The van der Waals surface area contributed by atoms with E-state index in [1.807, 2.05) is 33.8 Å². The zero-order chi connectivity index (χ0) is 10.5. The summed E-state index contributed by atoms with van der Waals surface area (Å²) < 4.78 is 0. The summed E-state index contributed by atoms with van der Waals surface area (Å²) >= 11 is 0. The molecule has 13 heavy (non-hydrogen) atoms. The van der Waals surface area contributed by atoms with E-state index in [1.54, 1.807) is 18.4 Å². The molecule has 0 saturated carbocycles. The average molecular weight is 183 g/mol. The highest BCUT2D eigenvalue weighted by molar-refractivity contribution is 5.67. The van der Waals surface area contributed by atoms with Gasteiger partial charge in [-0.3, -0.25) is 4.90 Å². The summed E-state index contributed by atoms with van der Waals surface area (Å²) in [4.78, 5) is 12.1. The van der Waals surface area contributed by atoms with Crippen LogP contribution in [0.15, 0.2) is 24.4 Å². The summed E-state index contributed by atoms with van der Waals surface area (Å²) in [5, 5.41) is 8.86. The number of carboxylic acid groups (broad SMARTS) is 1. The van der Waals surface area contributed by atoms with E-state index < -0.39 is 11.6 Å². The van der Waals surface area contributed by atoms with Gasteiger partial charge >= 0.3 is 6.09 Å². The maximum atomic E-state index is 10.8.